The monoisotopic (exact) mass is 1500 g/mol. The minimum absolute atomic E-state index is 0.438. The van der Waals surface area contributed by atoms with E-state index in [0.29, 0.717) is 5.92 Å². The van der Waals surface area contributed by atoms with Crippen LogP contribution in [0.25, 0.3) is 204 Å². The summed E-state index contributed by atoms with van der Waals surface area (Å²) in [6.07, 6.45) is 19.0. The van der Waals surface area contributed by atoms with Crippen LogP contribution in [0.5, 0.6) is 0 Å². The standard InChI is InChI=1S/C62H42.C56H38/c1-3-14-45(15-4-1)57-39-62-56-34-32-51(49-30-29-41-13-7-8-19-47(41)35-49)38-60(56)58(46-16-5-2-6-17-46)40-61(62)55-33-31-50(37-59(55)57)43-27-25-42(26-28-43)48-21-11-22-52(36-48)54-24-12-20-44-18-9-10-23-53(44)54;1-3-13-40(14-4-1)51-35-56-50-31-29-46(44-27-24-37-12-7-8-18-43(37)32-44)34-54(50)52(41-15-5-2-6-16-41)36-55(56)49-30-28-45(33-53(49)51)38-22-25-42(26-23-38)48-21-11-19-39-17-9-10-20-47(39)48/h1-30,32,34-40H,31,33H2;1-31,33-36,43H,32H2. The third-order valence-electron chi connectivity index (χ3n) is 25.2. The number of fused-ring (bicyclic) bond motifs is 14. The molecule has 0 bridgehead atoms. The van der Waals surface area contributed by atoms with Gasteiger partial charge in [0.05, 0.1) is 0 Å². The Bertz CT molecular complexity index is 7550. The first-order valence-corrected chi connectivity index (χ1v) is 41.5. The molecule has 0 nitrogen and oxygen atoms in total. The van der Waals surface area contributed by atoms with E-state index in [2.05, 4.69) is 443 Å². The lowest BCUT2D eigenvalue weighted by Gasteiger charge is -2.24. The maximum Gasteiger partial charge on any atom is 0.00617 e. The minimum Gasteiger partial charge on any atom is -0.0767 e. The Balaban J connectivity index is 0.000000143. The van der Waals surface area contributed by atoms with Crippen LogP contribution in [0.1, 0.15) is 35.1 Å². The Kier molecular flexibility index (Phi) is 17.7. The summed E-state index contributed by atoms with van der Waals surface area (Å²) < 4.78 is 0. The van der Waals surface area contributed by atoms with Crippen molar-refractivity contribution in [3.8, 4) is 100 Å². The van der Waals surface area contributed by atoms with Crippen molar-refractivity contribution < 1.29 is 0 Å². The van der Waals surface area contributed by atoms with E-state index in [1.807, 2.05) is 0 Å². The highest BCUT2D eigenvalue weighted by Gasteiger charge is 2.25. The highest BCUT2D eigenvalue weighted by Crippen LogP contribution is 2.49. The first kappa shape index (κ1) is 69.9. The van der Waals surface area contributed by atoms with Gasteiger partial charge in [0.25, 0.3) is 0 Å². The van der Waals surface area contributed by atoms with E-state index in [4.69, 9.17) is 0 Å². The van der Waals surface area contributed by atoms with Crippen LogP contribution in [0.15, 0.2) is 442 Å². The average Bonchev–Trinajstić information content (AvgIpc) is 0.728. The Labute approximate surface area is 688 Å². The summed E-state index contributed by atoms with van der Waals surface area (Å²) in [7, 11) is 0. The second-order valence-electron chi connectivity index (χ2n) is 32.0. The van der Waals surface area contributed by atoms with Crippen LogP contribution in [-0.4, -0.2) is 0 Å². The van der Waals surface area contributed by atoms with Crippen LogP contribution in [-0.2, 0) is 6.42 Å². The SMILES string of the molecule is C1=C(c2ccc(-c3cccc(-c4cccc5ccccc45)c3)cc2)CCc2c1c(-c1ccccc1)cc1c2cc(-c2ccccc2)c2cc(-c3ccc4ccccc4c3)ccc21.C1=CC2=CC=C(c3ccc4c(c3)c(-c3ccccc3)cc3c5ccc(-c6ccc(-c7cccc8ccccc78)cc6)cc5c(-c5ccccc5)cc43)CC2C=C1. The summed E-state index contributed by atoms with van der Waals surface area (Å²) in [6, 6.07) is 148. The molecule has 20 aromatic rings. The Hall–Kier alpha value is -14.8. The van der Waals surface area contributed by atoms with Crippen LogP contribution in [0.2, 0.25) is 0 Å². The van der Waals surface area contributed by atoms with E-state index in [9.17, 15) is 0 Å². The average molecular weight is 1500 g/mol. The molecule has 0 saturated carbocycles. The fourth-order valence-corrected chi connectivity index (χ4v) is 19.2. The van der Waals surface area contributed by atoms with Gasteiger partial charge >= 0.3 is 0 Å². The van der Waals surface area contributed by atoms with Gasteiger partial charge in [0, 0.05) is 5.92 Å². The molecule has 0 fully saturated rings. The predicted molar refractivity (Wildman–Crippen MR) is 507 cm³/mol. The van der Waals surface area contributed by atoms with Crippen molar-refractivity contribution >= 4 is 103 Å². The summed E-state index contributed by atoms with van der Waals surface area (Å²) in [5.41, 5.74) is 31.9. The van der Waals surface area contributed by atoms with Gasteiger partial charge in [-0.2, -0.15) is 0 Å². The van der Waals surface area contributed by atoms with Crippen molar-refractivity contribution in [2.45, 2.75) is 19.3 Å². The van der Waals surface area contributed by atoms with Crippen molar-refractivity contribution in [2.75, 3.05) is 0 Å². The van der Waals surface area contributed by atoms with Gasteiger partial charge in [0.1, 0.15) is 0 Å². The van der Waals surface area contributed by atoms with Crippen LogP contribution in [0.4, 0.5) is 0 Å². The molecule has 3 aliphatic carbocycles. The topological polar surface area (TPSA) is 0 Å². The highest BCUT2D eigenvalue weighted by molar-refractivity contribution is 6.25. The molecule has 20 aromatic carbocycles. The molecule has 23 rings (SSSR count). The number of rotatable bonds is 11. The normalized spacial score (nSPS) is 13.7. The molecule has 0 amide bonds. The van der Waals surface area contributed by atoms with Crippen molar-refractivity contribution in [1.29, 1.82) is 0 Å². The molecule has 0 aromatic heterocycles. The highest BCUT2D eigenvalue weighted by atomic mass is 14.3. The fourth-order valence-electron chi connectivity index (χ4n) is 19.2. The number of hydrogen-bond donors (Lipinski definition) is 0. The van der Waals surface area contributed by atoms with Crippen molar-refractivity contribution in [3.05, 3.63) is 465 Å². The minimum atomic E-state index is 0.438. The zero-order valence-corrected chi connectivity index (χ0v) is 65.3. The van der Waals surface area contributed by atoms with Gasteiger partial charge in [-0.25, -0.2) is 0 Å². The quantitative estimate of drug-likeness (QED) is 0.113. The van der Waals surface area contributed by atoms with Gasteiger partial charge in [0.2, 0.25) is 0 Å². The molecule has 1 atom stereocenters. The lowest BCUT2D eigenvalue weighted by atomic mass is 9.80. The van der Waals surface area contributed by atoms with Gasteiger partial charge in [0.15, 0.2) is 0 Å². The zero-order valence-electron chi connectivity index (χ0n) is 65.3. The number of allylic oxidation sites excluding steroid dienone is 9. The van der Waals surface area contributed by atoms with Gasteiger partial charge in [-0.15, -0.1) is 0 Å². The molecular weight excluding hydrogens is 1420 g/mol. The molecular formula is C118H80. The maximum absolute atomic E-state index is 2.49. The molecule has 0 heterocycles. The Morgan fingerprint density at radius 3 is 1.19 bits per heavy atom. The molecule has 0 spiro atoms. The second kappa shape index (κ2) is 29.9. The van der Waals surface area contributed by atoms with E-state index in [0.717, 1.165) is 19.3 Å². The molecule has 3 aliphatic rings. The molecule has 0 aliphatic heterocycles. The first-order valence-electron chi connectivity index (χ1n) is 41.5. The lowest BCUT2D eigenvalue weighted by molar-refractivity contribution is 0.793. The van der Waals surface area contributed by atoms with E-state index >= 15 is 0 Å². The summed E-state index contributed by atoms with van der Waals surface area (Å²) in [6.45, 7) is 0. The third kappa shape index (κ3) is 12.8. The molecule has 0 N–H and O–H groups in total. The van der Waals surface area contributed by atoms with E-state index in [-0.39, 0.29) is 0 Å². The number of aryl methyl sites for hydroxylation is 1. The molecule has 1 unspecified atom stereocenters. The van der Waals surface area contributed by atoms with Gasteiger partial charge in [-0.05, 0) is 299 Å². The smallest absolute Gasteiger partial charge is 0.00617 e. The van der Waals surface area contributed by atoms with Crippen LogP contribution in [0, 0.1) is 5.92 Å². The lowest BCUT2D eigenvalue weighted by Crippen LogP contribution is -2.06. The van der Waals surface area contributed by atoms with Crippen molar-refractivity contribution in [2.24, 2.45) is 5.92 Å². The largest absolute Gasteiger partial charge is 0.0767 e. The third-order valence-corrected chi connectivity index (χ3v) is 25.2. The number of benzene rings is 20. The van der Waals surface area contributed by atoms with Crippen LogP contribution in [0.3, 0.4) is 0 Å². The molecule has 118 heavy (non-hydrogen) atoms. The Morgan fingerprint density at radius 2 is 0.593 bits per heavy atom. The molecule has 0 saturated heterocycles. The summed E-state index contributed by atoms with van der Waals surface area (Å²) in [5, 5.41) is 20.5. The van der Waals surface area contributed by atoms with E-state index < -0.39 is 0 Å². The van der Waals surface area contributed by atoms with Crippen LogP contribution >= 0.6 is 0 Å². The van der Waals surface area contributed by atoms with Crippen LogP contribution < -0.4 is 0 Å². The molecule has 552 valence electrons. The fraction of sp³-hybridized carbons (Fsp3) is 0.0339. The number of hydrogen-bond acceptors (Lipinski definition) is 0. The van der Waals surface area contributed by atoms with Crippen molar-refractivity contribution in [1.82, 2.24) is 0 Å². The summed E-state index contributed by atoms with van der Waals surface area (Å²) >= 11 is 0. The molecule has 0 heteroatoms. The second-order valence-corrected chi connectivity index (χ2v) is 32.0. The van der Waals surface area contributed by atoms with Gasteiger partial charge in [-0.3, -0.25) is 0 Å². The predicted octanol–water partition coefficient (Wildman–Crippen LogP) is 32.5. The Morgan fingerprint density at radius 1 is 0.195 bits per heavy atom. The van der Waals surface area contributed by atoms with Gasteiger partial charge in [-0.1, -0.05) is 388 Å². The maximum atomic E-state index is 2.49. The summed E-state index contributed by atoms with van der Waals surface area (Å²) in [5.74, 6) is 0.438. The van der Waals surface area contributed by atoms with Gasteiger partial charge < -0.3 is 0 Å². The van der Waals surface area contributed by atoms with E-state index in [1.54, 1.807) is 0 Å². The van der Waals surface area contributed by atoms with Crippen molar-refractivity contribution in [3.63, 3.8) is 0 Å². The summed E-state index contributed by atoms with van der Waals surface area (Å²) in [4.78, 5) is 0. The van der Waals surface area contributed by atoms with E-state index in [1.165, 1.54) is 225 Å². The molecule has 0 radical (unpaired) electrons. The zero-order chi connectivity index (χ0) is 78.0. The first-order chi connectivity index (χ1) is 58.5.